The van der Waals surface area contributed by atoms with Crippen molar-refractivity contribution >= 4 is 35.2 Å². The van der Waals surface area contributed by atoms with E-state index in [9.17, 15) is 0 Å². The second kappa shape index (κ2) is 8.52. The molecule has 0 aliphatic carbocycles. The molecular formula is C22H27N3. The molecule has 0 fully saturated rings. The van der Waals surface area contributed by atoms with Crippen molar-refractivity contribution in [2.24, 2.45) is 15.0 Å². The summed E-state index contributed by atoms with van der Waals surface area (Å²) in [5.74, 6) is 0. The van der Waals surface area contributed by atoms with Crippen LogP contribution in [0.4, 0.5) is 17.1 Å². The Balaban J connectivity index is 2.49. The van der Waals surface area contributed by atoms with Gasteiger partial charge >= 0.3 is 0 Å². The van der Waals surface area contributed by atoms with E-state index in [0.717, 1.165) is 41.3 Å². The van der Waals surface area contributed by atoms with Crippen LogP contribution in [0.5, 0.6) is 0 Å². The Morgan fingerprint density at radius 3 is 1.76 bits per heavy atom. The highest BCUT2D eigenvalue weighted by atomic mass is 14.8. The predicted octanol–water partition coefficient (Wildman–Crippen LogP) is 6.40. The lowest BCUT2D eigenvalue weighted by Gasteiger charge is -2.08. The third-order valence-electron chi connectivity index (χ3n) is 4.01. The third-order valence-corrected chi connectivity index (χ3v) is 4.01. The molecule has 0 aromatic heterocycles. The van der Waals surface area contributed by atoms with Gasteiger partial charge in [-0.15, -0.1) is 0 Å². The number of nitrogens with zero attached hydrogens (tertiary/aromatic N) is 3. The van der Waals surface area contributed by atoms with Gasteiger partial charge in [0.05, 0.1) is 17.1 Å². The zero-order valence-corrected chi connectivity index (χ0v) is 15.9. The van der Waals surface area contributed by atoms with Crippen LogP contribution in [0.25, 0.3) is 0 Å². The Labute approximate surface area is 151 Å². The molecule has 0 atom stereocenters. The Morgan fingerprint density at radius 1 is 0.760 bits per heavy atom. The summed E-state index contributed by atoms with van der Waals surface area (Å²) < 4.78 is 0. The summed E-state index contributed by atoms with van der Waals surface area (Å²) >= 11 is 0. The van der Waals surface area contributed by atoms with Crippen LogP contribution in [0.2, 0.25) is 0 Å². The fourth-order valence-electron chi connectivity index (χ4n) is 2.70. The smallest absolute Gasteiger partial charge is 0.0676 e. The zero-order valence-electron chi connectivity index (χ0n) is 15.9. The SMILES string of the molecule is C=Nc1cc(N=C(C)C)cc(N=C(C)c2cc(CC)cc(CC)c2)c1. The number of aryl methyl sites for hydroxylation is 2. The molecule has 0 spiro atoms. The van der Waals surface area contributed by atoms with Crippen LogP contribution in [0.15, 0.2) is 51.4 Å². The number of rotatable bonds is 6. The molecule has 2 aromatic rings. The van der Waals surface area contributed by atoms with Crippen molar-refractivity contribution in [2.75, 3.05) is 0 Å². The lowest BCUT2D eigenvalue weighted by molar-refractivity contribution is 1.08. The van der Waals surface area contributed by atoms with Crippen molar-refractivity contribution < 1.29 is 0 Å². The highest BCUT2D eigenvalue weighted by Gasteiger charge is 2.04. The molecule has 0 saturated heterocycles. The van der Waals surface area contributed by atoms with Crippen molar-refractivity contribution in [3.05, 3.63) is 53.1 Å². The first-order valence-corrected chi connectivity index (χ1v) is 8.77. The first-order chi connectivity index (χ1) is 11.9. The highest BCUT2D eigenvalue weighted by molar-refractivity contribution is 6.00. The van der Waals surface area contributed by atoms with Crippen LogP contribution in [-0.2, 0) is 12.8 Å². The van der Waals surface area contributed by atoms with Crippen LogP contribution in [0.3, 0.4) is 0 Å². The van der Waals surface area contributed by atoms with Crippen molar-refractivity contribution in [3.63, 3.8) is 0 Å². The number of aliphatic imine (C=N–C) groups is 3. The summed E-state index contributed by atoms with van der Waals surface area (Å²) in [6, 6.07) is 12.6. The van der Waals surface area contributed by atoms with Gasteiger partial charge in [0.15, 0.2) is 0 Å². The lowest BCUT2D eigenvalue weighted by atomic mass is 10.00. The van der Waals surface area contributed by atoms with E-state index in [1.54, 1.807) is 0 Å². The molecule has 0 bridgehead atoms. The van der Waals surface area contributed by atoms with E-state index in [1.165, 1.54) is 16.7 Å². The van der Waals surface area contributed by atoms with Gasteiger partial charge in [-0.05, 0) is 87.4 Å². The molecule has 0 aliphatic heterocycles. The maximum Gasteiger partial charge on any atom is 0.0676 e. The third kappa shape index (κ3) is 5.21. The van der Waals surface area contributed by atoms with Gasteiger partial charge in [0.1, 0.15) is 0 Å². The van der Waals surface area contributed by atoms with Crippen LogP contribution < -0.4 is 0 Å². The topological polar surface area (TPSA) is 37.1 Å². The van der Waals surface area contributed by atoms with E-state index in [2.05, 4.69) is 55.7 Å². The Morgan fingerprint density at radius 2 is 1.28 bits per heavy atom. The minimum atomic E-state index is 0.783. The second-order valence-electron chi connectivity index (χ2n) is 6.37. The first-order valence-electron chi connectivity index (χ1n) is 8.77. The average molecular weight is 333 g/mol. The summed E-state index contributed by atoms with van der Waals surface area (Å²) in [6.07, 6.45) is 2.05. The maximum atomic E-state index is 4.82. The first kappa shape index (κ1) is 18.8. The Hall–Kier alpha value is -2.55. The van der Waals surface area contributed by atoms with Gasteiger partial charge in [-0.1, -0.05) is 19.9 Å². The number of hydrogen-bond acceptors (Lipinski definition) is 3. The van der Waals surface area contributed by atoms with Crippen molar-refractivity contribution in [2.45, 2.75) is 47.5 Å². The van der Waals surface area contributed by atoms with Gasteiger partial charge < -0.3 is 0 Å². The summed E-state index contributed by atoms with van der Waals surface area (Å²) in [5.41, 5.74) is 8.34. The normalized spacial score (nSPS) is 11.3. The van der Waals surface area contributed by atoms with Gasteiger partial charge in [-0.25, -0.2) is 0 Å². The standard InChI is InChI=1S/C22H27N3/c1-7-17-9-18(8-2)11-19(10-17)16(5)25-22-13-20(23-6)12-21(14-22)24-15(3)4/h9-14H,6-8H2,1-5H3. The Kier molecular flexibility index (Phi) is 6.40. The summed E-state index contributed by atoms with van der Waals surface area (Å²) in [5, 5.41) is 0. The monoisotopic (exact) mass is 333 g/mol. The van der Waals surface area contributed by atoms with E-state index >= 15 is 0 Å². The highest BCUT2D eigenvalue weighted by Crippen LogP contribution is 2.29. The van der Waals surface area contributed by atoms with E-state index in [-0.39, 0.29) is 0 Å². The molecule has 25 heavy (non-hydrogen) atoms. The van der Waals surface area contributed by atoms with Gasteiger partial charge in [0.2, 0.25) is 0 Å². The molecule has 0 saturated carbocycles. The van der Waals surface area contributed by atoms with Crippen LogP contribution in [-0.4, -0.2) is 18.1 Å². The van der Waals surface area contributed by atoms with Crippen molar-refractivity contribution in [1.82, 2.24) is 0 Å². The molecular weight excluding hydrogens is 306 g/mol. The van der Waals surface area contributed by atoms with Crippen LogP contribution >= 0.6 is 0 Å². The molecule has 3 nitrogen and oxygen atoms in total. The van der Waals surface area contributed by atoms with E-state index in [0.29, 0.717) is 0 Å². The summed E-state index contributed by atoms with van der Waals surface area (Å²) in [6.45, 7) is 14.0. The number of hydrogen-bond donors (Lipinski definition) is 0. The van der Waals surface area contributed by atoms with Crippen LogP contribution in [0, 0.1) is 0 Å². The minimum Gasteiger partial charge on any atom is -0.265 e. The van der Waals surface area contributed by atoms with E-state index in [1.807, 2.05) is 32.0 Å². The lowest BCUT2D eigenvalue weighted by Crippen LogP contribution is -1.98. The van der Waals surface area contributed by atoms with Gasteiger partial charge in [-0.3, -0.25) is 15.0 Å². The quantitative estimate of drug-likeness (QED) is 0.549. The summed E-state index contributed by atoms with van der Waals surface area (Å²) in [4.78, 5) is 13.4. The molecule has 0 aliphatic rings. The fourth-order valence-corrected chi connectivity index (χ4v) is 2.70. The van der Waals surface area contributed by atoms with E-state index < -0.39 is 0 Å². The molecule has 2 rings (SSSR count). The molecule has 0 radical (unpaired) electrons. The summed E-state index contributed by atoms with van der Waals surface area (Å²) in [7, 11) is 0. The van der Waals surface area contributed by atoms with Crippen LogP contribution in [0.1, 0.15) is 51.3 Å². The maximum absolute atomic E-state index is 4.82. The molecule has 0 unspecified atom stereocenters. The average Bonchev–Trinajstić information content (AvgIpc) is 2.60. The minimum absolute atomic E-state index is 0.783. The van der Waals surface area contributed by atoms with E-state index in [4.69, 9.17) is 4.99 Å². The largest absolute Gasteiger partial charge is 0.265 e. The molecule has 0 heterocycles. The molecule has 0 N–H and O–H groups in total. The van der Waals surface area contributed by atoms with Gasteiger partial charge in [0, 0.05) is 11.4 Å². The van der Waals surface area contributed by atoms with Crippen molar-refractivity contribution in [1.29, 1.82) is 0 Å². The van der Waals surface area contributed by atoms with Gasteiger partial charge in [0.25, 0.3) is 0 Å². The van der Waals surface area contributed by atoms with Crippen molar-refractivity contribution in [3.8, 4) is 0 Å². The Bertz CT molecular complexity index is 803. The predicted molar refractivity (Wildman–Crippen MR) is 111 cm³/mol. The van der Waals surface area contributed by atoms with Gasteiger partial charge in [-0.2, -0.15) is 0 Å². The molecule has 0 amide bonds. The molecule has 3 heteroatoms. The molecule has 2 aromatic carbocycles. The zero-order chi connectivity index (χ0) is 18.4. The number of benzene rings is 2. The molecule has 130 valence electrons. The second-order valence-corrected chi connectivity index (χ2v) is 6.37. The fraction of sp³-hybridized carbons (Fsp3) is 0.318.